The average Bonchev–Trinajstić information content (AvgIpc) is 3.13. The molecule has 7 aliphatic rings. The van der Waals surface area contributed by atoms with Crippen LogP contribution in [0.5, 0.6) is 0 Å². The lowest BCUT2D eigenvalue weighted by molar-refractivity contribution is -0.324. The van der Waals surface area contributed by atoms with Crippen molar-refractivity contribution in [2.45, 2.75) is 166 Å². The Labute approximate surface area is 322 Å². The number of aliphatic hydroxyl groups is 7. The van der Waals surface area contributed by atoms with Gasteiger partial charge in [-0.2, -0.15) is 0 Å². The summed E-state index contributed by atoms with van der Waals surface area (Å²) in [5, 5.41) is 82.2. The summed E-state index contributed by atoms with van der Waals surface area (Å²) in [5.41, 5.74) is 0.508. The summed E-state index contributed by atoms with van der Waals surface area (Å²) in [5.74, 6) is -1.65. The predicted octanol–water partition coefficient (Wildman–Crippen LogP) is 1.94. The molecule has 2 aliphatic heterocycles. The lowest BCUT2D eigenvalue weighted by Gasteiger charge is -2.71. The zero-order chi connectivity index (χ0) is 40.2. The first-order valence-electron chi connectivity index (χ1n) is 20.1. The van der Waals surface area contributed by atoms with E-state index in [-0.39, 0.29) is 34.0 Å². The lowest BCUT2D eigenvalue weighted by Crippen LogP contribution is -2.66. The van der Waals surface area contributed by atoms with E-state index in [0.29, 0.717) is 32.1 Å². The minimum Gasteiger partial charge on any atom is -0.479 e. The number of fused-ring (bicyclic) bond motifs is 7. The smallest absolute Gasteiger partial charge is 0.335 e. The van der Waals surface area contributed by atoms with Gasteiger partial charge in [-0.25, -0.2) is 4.79 Å². The highest BCUT2D eigenvalue weighted by atomic mass is 16.7. The molecule has 0 radical (unpaired) electrons. The van der Waals surface area contributed by atoms with Gasteiger partial charge in [0.15, 0.2) is 12.4 Å². The van der Waals surface area contributed by atoms with Crippen LogP contribution in [0.3, 0.4) is 0 Å². The first kappa shape index (κ1) is 41.2. The second-order valence-corrected chi connectivity index (χ2v) is 19.3. The third-order valence-corrected chi connectivity index (χ3v) is 16.6. The summed E-state index contributed by atoms with van der Waals surface area (Å²) in [6, 6.07) is 0. The van der Waals surface area contributed by atoms with Crippen LogP contribution in [0.1, 0.15) is 98.8 Å². The number of carboxylic acids is 1. The van der Waals surface area contributed by atoms with Crippen molar-refractivity contribution < 1.29 is 69.4 Å². The third-order valence-electron chi connectivity index (χ3n) is 16.6. The molecule has 0 aromatic rings. The van der Waals surface area contributed by atoms with E-state index >= 15 is 0 Å². The van der Waals surface area contributed by atoms with Crippen molar-refractivity contribution in [2.75, 3.05) is 6.61 Å². The first-order valence-corrected chi connectivity index (χ1v) is 20.1. The molecule has 0 aromatic heterocycles. The van der Waals surface area contributed by atoms with E-state index in [0.717, 1.165) is 37.7 Å². The minimum absolute atomic E-state index is 0.112. The average molecular weight is 779 g/mol. The Kier molecular flexibility index (Phi) is 10.6. The fourth-order valence-electron chi connectivity index (χ4n) is 13.1. The Morgan fingerprint density at radius 1 is 0.818 bits per heavy atom. The van der Waals surface area contributed by atoms with Gasteiger partial charge in [0.2, 0.25) is 6.29 Å². The van der Waals surface area contributed by atoms with Crippen LogP contribution in [-0.2, 0) is 28.5 Å². The topological polar surface area (TPSA) is 233 Å². The Hall–Kier alpha value is -1.98. The molecule has 18 atom stereocenters. The van der Waals surface area contributed by atoms with Crippen molar-refractivity contribution in [3.8, 4) is 0 Å². The summed E-state index contributed by atoms with van der Waals surface area (Å²) >= 11 is 0. The SMILES string of the molecule is C=C1CC[C@]2(C(=O)O[C@H]3O[C@@H](CO)[C@H](O)[C@@H](O)[C@@H]3O)CC[C@@]3(C)C(=CC[C@@H]4[C@@]5(C)CC[C@@H](O[C@@H]6O[C@H](C(=O)O)[C@@H](O)[C@H](O)[C@H]6O)C(C)(C)[C@H]5CC[C@@]43C)[C@@H]2C1. The highest BCUT2D eigenvalue weighted by Crippen LogP contribution is 2.75. The standard InChI is InChI=1S/C41H62O14/c1-19-9-14-41(36(51)55-34-30(47)27(44)26(43)22(18-42)52-34)16-15-39(5)20(21(41)17-19)7-8-24-38(4)12-11-25(37(2,3)23(38)10-13-40(24,39)6)53-35-31(48)28(45)29(46)32(54-35)33(49)50/h7,21-32,34-35,42-48H,1,8-18H2,2-6H3,(H,49,50)/t21-,22-,23+,24+,25+,26-,27+,28-,29-,30-,31+,32-,34+,35+,38-,39-,40-,41-/m0/s1. The molecule has 0 aromatic carbocycles. The molecule has 0 unspecified atom stereocenters. The van der Waals surface area contributed by atoms with E-state index in [2.05, 4.69) is 47.3 Å². The quantitative estimate of drug-likeness (QED) is 0.109. The number of esters is 1. The van der Waals surface area contributed by atoms with E-state index in [1.54, 1.807) is 0 Å². The summed E-state index contributed by atoms with van der Waals surface area (Å²) in [4.78, 5) is 26.2. The number of aliphatic hydroxyl groups excluding tert-OH is 7. The van der Waals surface area contributed by atoms with Gasteiger partial charge < -0.3 is 59.8 Å². The van der Waals surface area contributed by atoms with Crippen molar-refractivity contribution in [1.29, 1.82) is 0 Å². The summed E-state index contributed by atoms with van der Waals surface area (Å²) in [6.07, 6.45) is -6.78. The molecule has 4 saturated carbocycles. The van der Waals surface area contributed by atoms with Gasteiger partial charge in [-0.3, -0.25) is 4.79 Å². The summed E-state index contributed by atoms with van der Waals surface area (Å²) in [6.45, 7) is 15.2. The molecular weight excluding hydrogens is 716 g/mol. The number of aliphatic carboxylic acids is 1. The molecule has 8 N–H and O–H groups in total. The number of carboxylic acid groups (broad SMARTS) is 1. The molecule has 5 aliphatic carbocycles. The monoisotopic (exact) mass is 778 g/mol. The van der Waals surface area contributed by atoms with Crippen molar-refractivity contribution in [1.82, 2.24) is 0 Å². The highest BCUT2D eigenvalue weighted by Gasteiger charge is 2.69. The Balaban J connectivity index is 1.14. The van der Waals surface area contributed by atoms with E-state index < -0.39 is 96.9 Å². The summed E-state index contributed by atoms with van der Waals surface area (Å²) in [7, 11) is 0. The van der Waals surface area contributed by atoms with Crippen molar-refractivity contribution in [3.05, 3.63) is 23.8 Å². The number of rotatable bonds is 6. The van der Waals surface area contributed by atoms with Gasteiger partial charge in [0.25, 0.3) is 0 Å². The van der Waals surface area contributed by atoms with Crippen LogP contribution < -0.4 is 0 Å². The molecule has 7 rings (SSSR count). The van der Waals surface area contributed by atoms with Crippen molar-refractivity contribution >= 4 is 11.9 Å². The molecule has 0 spiro atoms. The molecule has 14 nitrogen and oxygen atoms in total. The molecule has 55 heavy (non-hydrogen) atoms. The van der Waals surface area contributed by atoms with Gasteiger partial charge in [0.05, 0.1) is 18.1 Å². The first-order chi connectivity index (χ1) is 25.7. The van der Waals surface area contributed by atoms with Crippen molar-refractivity contribution in [2.24, 2.45) is 44.8 Å². The molecule has 2 saturated heterocycles. The van der Waals surface area contributed by atoms with Crippen LogP contribution in [-0.4, -0.2) is 127 Å². The second-order valence-electron chi connectivity index (χ2n) is 19.3. The van der Waals surface area contributed by atoms with Crippen LogP contribution >= 0.6 is 0 Å². The van der Waals surface area contributed by atoms with Crippen molar-refractivity contribution in [3.63, 3.8) is 0 Å². The molecular formula is C41H62O14. The summed E-state index contributed by atoms with van der Waals surface area (Å²) < 4.78 is 23.4. The second kappa shape index (κ2) is 14.1. The lowest BCUT2D eigenvalue weighted by atomic mass is 9.34. The fourth-order valence-corrected chi connectivity index (χ4v) is 13.1. The Morgan fingerprint density at radius 3 is 2.16 bits per heavy atom. The maximum Gasteiger partial charge on any atom is 0.335 e. The zero-order valence-electron chi connectivity index (χ0n) is 32.7. The molecule has 14 heteroatoms. The minimum atomic E-state index is -1.79. The maximum atomic E-state index is 14.4. The Bertz CT molecular complexity index is 1560. The van der Waals surface area contributed by atoms with E-state index in [1.807, 2.05) is 0 Å². The fraction of sp³-hybridized carbons (Fsp3) is 0.854. The normalized spacial score (nSPS) is 52.1. The molecule has 0 bridgehead atoms. The van der Waals surface area contributed by atoms with Crippen LogP contribution in [0.15, 0.2) is 23.8 Å². The maximum absolute atomic E-state index is 14.4. The number of carbonyl (C=O) groups is 2. The number of ether oxygens (including phenoxy) is 4. The van der Waals surface area contributed by atoms with Gasteiger partial charge in [0, 0.05) is 5.92 Å². The van der Waals surface area contributed by atoms with Gasteiger partial charge in [-0.15, -0.1) is 0 Å². The van der Waals surface area contributed by atoms with E-state index in [9.17, 15) is 50.4 Å². The predicted molar refractivity (Wildman–Crippen MR) is 193 cm³/mol. The number of hydrogen-bond donors (Lipinski definition) is 8. The number of carbonyl (C=O) groups excluding carboxylic acids is 1. The van der Waals surface area contributed by atoms with Crippen LogP contribution in [0.4, 0.5) is 0 Å². The third kappa shape index (κ3) is 6.02. The van der Waals surface area contributed by atoms with Gasteiger partial charge in [0.1, 0.15) is 42.7 Å². The van der Waals surface area contributed by atoms with Gasteiger partial charge in [-0.05, 0) is 97.7 Å². The van der Waals surface area contributed by atoms with Crippen LogP contribution in [0.2, 0.25) is 0 Å². The molecule has 0 amide bonds. The Morgan fingerprint density at radius 2 is 1.49 bits per heavy atom. The van der Waals surface area contributed by atoms with Gasteiger partial charge >= 0.3 is 11.9 Å². The van der Waals surface area contributed by atoms with E-state index in [4.69, 9.17) is 18.9 Å². The van der Waals surface area contributed by atoms with E-state index in [1.165, 1.54) is 5.57 Å². The number of allylic oxidation sites excluding steroid dienone is 3. The highest BCUT2D eigenvalue weighted by molar-refractivity contribution is 5.79. The molecule has 310 valence electrons. The number of hydrogen-bond acceptors (Lipinski definition) is 13. The largest absolute Gasteiger partial charge is 0.479 e. The molecule has 6 fully saturated rings. The van der Waals surface area contributed by atoms with Crippen LogP contribution in [0.25, 0.3) is 0 Å². The van der Waals surface area contributed by atoms with Crippen LogP contribution in [0, 0.1) is 44.8 Å². The zero-order valence-corrected chi connectivity index (χ0v) is 32.7. The van der Waals surface area contributed by atoms with Gasteiger partial charge in [-0.1, -0.05) is 58.4 Å². The molecule has 2 heterocycles.